The minimum Gasteiger partial charge on any atom is -0.347 e. The first-order valence-electron chi connectivity index (χ1n) is 5.58. The first-order chi connectivity index (χ1) is 8.56. The van der Waals surface area contributed by atoms with E-state index in [1.807, 2.05) is 19.3 Å². The van der Waals surface area contributed by atoms with Crippen molar-refractivity contribution >= 4 is 23.6 Å². The Morgan fingerprint density at radius 3 is 2.94 bits per heavy atom. The van der Waals surface area contributed by atoms with E-state index < -0.39 is 0 Å². The minimum atomic E-state index is -0.209. The number of aromatic amines is 1. The van der Waals surface area contributed by atoms with Crippen molar-refractivity contribution in [2.45, 2.75) is 24.3 Å². The second-order valence-corrected chi connectivity index (χ2v) is 5.64. The molecule has 0 aromatic carbocycles. The van der Waals surface area contributed by atoms with E-state index in [1.54, 1.807) is 10.6 Å². The van der Waals surface area contributed by atoms with Crippen LogP contribution in [0, 0.1) is 0 Å². The van der Waals surface area contributed by atoms with Crippen LogP contribution >= 0.6 is 11.8 Å². The Bertz CT molecular complexity index is 545. The van der Waals surface area contributed by atoms with Crippen LogP contribution in [-0.4, -0.2) is 30.9 Å². The minimum absolute atomic E-state index is 0.209. The van der Waals surface area contributed by atoms with Crippen LogP contribution in [0.15, 0.2) is 23.5 Å². The Balaban J connectivity index is 2.04. The van der Waals surface area contributed by atoms with Crippen LogP contribution in [0.4, 0.5) is 5.95 Å². The molecule has 0 radical (unpaired) electrons. The third kappa shape index (κ3) is 2.92. The molecular weight excluding hydrogens is 250 g/mol. The van der Waals surface area contributed by atoms with Gasteiger partial charge in [0, 0.05) is 18.5 Å². The topological polar surface area (TPSA) is 75.6 Å². The van der Waals surface area contributed by atoms with Crippen molar-refractivity contribution in [3.05, 3.63) is 24.0 Å². The summed E-state index contributed by atoms with van der Waals surface area (Å²) < 4.78 is 1.75. The fourth-order valence-electron chi connectivity index (χ4n) is 1.43. The molecule has 6 nitrogen and oxygen atoms in total. The average molecular weight is 265 g/mol. The van der Waals surface area contributed by atoms with Crippen molar-refractivity contribution < 1.29 is 4.79 Å². The van der Waals surface area contributed by atoms with Crippen molar-refractivity contribution in [3.63, 3.8) is 0 Å². The highest BCUT2D eigenvalue weighted by molar-refractivity contribution is 7.99. The Morgan fingerprint density at radius 1 is 1.56 bits per heavy atom. The SMILES string of the molecule is CC(C)Sc1n[nH]c(NC(=O)c2cccn2C)n1. The van der Waals surface area contributed by atoms with Gasteiger partial charge >= 0.3 is 0 Å². The molecule has 96 valence electrons. The lowest BCUT2D eigenvalue weighted by Gasteiger charge is -2.02. The number of thioether (sulfide) groups is 1. The molecule has 2 N–H and O–H groups in total. The normalized spacial score (nSPS) is 10.9. The molecular formula is C11H15N5OS. The number of carbonyl (C=O) groups is 1. The van der Waals surface area contributed by atoms with Gasteiger partial charge in [0.15, 0.2) is 0 Å². The van der Waals surface area contributed by atoms with E-state index in [4.69, 9.17) is 0 Å². The molecule has 2 aromatic heterocycles. The molecule has 18 heavy (non-hydrogen) atoms. The van der Waals surface area contributed by atoms with Crippen molar-refractivity contribution in [2.75, 3.05) is 5.32 Å². The molecule has 0 bridgehead atoms. The van der Waals surface area contributed by atoms with Crippen molar-refractivity contribution in [1.82, 2.24) is 19.7 Å². The lowest BCUT2D eigenvalue weighted by atomic mass is 10.4. The highest BCUT2D eigenvalue weighted by Gasteiger charge is 2.12. The molecule has 0 atom stereocenters. The monoisotopic (exact) mass is 265 g/mol. The van der Waals surface area contributed by atoms with Crippen molar-refractivity contribution in [1.29, 1.82) is 0 Å². The predicted octanol–water partition coefficient (Wildman–Crippen LogP) is 1.90. The zero-order valence-corrected chi connectivity index (χ0v) is 11.3. The zero-order chi connectivity index (χ0) is 13.1. The van der Waals surface area contributed by atoms with Crippen LogP contribution in [0.3, 0.4) is 0 Å². The summed E-state index contributed by atoms with van der Waals surface area (Å²) in [4.78, 5) is 16.1. The van der Waals surface area contributed by atoms with Crippen molar-refractivity contribution in [3.8, 4) is 0 Å². The number of carbonyl (C=O) groups excluding carboxylic acids is 1. The highest BCUT2D eigenvalue weighted by Crippen LogP contribution is 2.19. The van der Waals surface area contributed by atoms with Crippen LogP contribution in [0.2, 0.25) is 0 Å². The van der Waals surface area contributed by atoms with Crippen LogP contribution in [0.1, 0.15) is 24.3 Å². The number of H-pyrrole nitrogens is 1. The Labute approximate surface area is 109 Å². The number of amides is 1. The third-order valence-corrected chi connectivity index (χ3v) is 3.08. The zero-order valence-electron chi connectivity index (χ0n) is 10.5. The molecule has 0 unspecified atom stereocenters. The second-order valence-electron chi connectivity index (χ2n) is 4.09. The molecule has 0 aliphatic carbocycles. The molecule has 0 spiro atoms. The molecule has 0 fully saturated rings. The van der Waals surface area contributed by atoms with Gasteiger partial charge in [-0.05, 0) is 12.1 Å². The van der Waals surface area contributed by atoms with Gasteiger partial charge in [-0.15, -0.1) is 5.10 Å². The summed E-state index contributed by atoms with van der Waals surface area (Å²) in [6.07, 6.45) is 1.81. The summed E-state index contributed by atoms with van der Waals surface area (Å²) in [6.45, 7) is 4.12. The standard InChI is InChI=1S/C11H15N5OS/c1-7(2)18-11-13-10(14-15-11)12-9(17)8-5-4-6-16(8)3/h4-7H,1-3H3,(H2,12,13,14,15,17). The van der Waals surface area contributed by atoms with E-state index in [0.29, 0.717) is 22.0 Å². The van der Waals surface area contributed by atoms with Gasteiger partial charge in [-0.1, -0.05) is 25.6 Å². The van der Waals surface area contributed by atoms with Gasteiger partial charge in [-0.2, -0.15) is 4.98 Å². The molecule has 7 heteroatoms. The number of aromatic nitrogens is 4. The second kappa shape index (κ2) is 5.26. The Morgan fingerprint density at radius 2 is 2.33 bits per heavy atom. The van der Waals surface area contributed by atoms with Gasteiger partial charge in [0.1, 0.15) is 5.69 Å². The molecule has 0 aliphatic rings. The summed E-state index contributed by atoms with van der Waals surface area (Å²) in [7, 11) is 1.81. The largest absolute Gasteiger partial charge is 0.347 e. The molecule has 2 aromatic rings. The van der Waals surface area contributed by atoms with E-state index in [2.05, 4.69) is 34.3 Å². The van der Waals surface area contributed by atoms with Gasteiger partial charge in [0.2, 0.25) is 11.1 Å². The number of hydrogen-bond donors (Lipinski definition) is 2. The molecule has 2 heterocycles. The predicted molar refractivity (Wildman–Crippen MR) is 70.7 cm³/mol. The number of nitrogens with one attached hydrogen (secondary N) is 2. The van der Waals surface area contributed by atoms with E-state index in [0.717, 1.165) is 0 Å². The molecule has 0 aliphatic heterocycles. The number of aryl methyl sites for hydroxylation is 1. The van der Waals surface area contributed by atoms with Gasteiger partial charge < -0.3 is 4.57 Å². The summed E-state index contributed by atoms with van der Waals surface area (Å²) in [5.41, 5.74) is 0.574. The number of hydrogen-bond acceptors (Lipinski definition) is 4. The van der Waals surface area contributed by atoms with E-state index in [-0.39, 0.29) is 5.91 Å². The number of anilines is 1. The number of nitrogens with zero attached hydrogens (tertiary/aromatic N) is 3. The summed E-state index contributed by atoms with van der Waals surface area (Å²) in [5.74, 6) is 0.157. The maximum Gasteiger partial charge on any atom is 0.274 e. The molecule has 2 rings (SSSR count). The fourth-order valence-corrected chi connectivity index (χ4v) is 2.10. The van der Waals surface area contributed by atoms with Gasteiger partial charge in [0.25, 0.3) is 5.91 Å². The number of rotatable bonds is 4. The maximum atomic E-state index is 11.9. The third-order valence-electron chi connectivity index (χ3n) is 2.21. The van der Waals surface area contributed by atoms with E-state index >= 15 is 0 Å². The van der Waals surface area contributed by atoms with Gasteiger partial charge in [0.05, 0.1) is 0 Å². The van der Waals surface area contributed by atoms with Gasteiger partial charge in [-0.25, -0.2) is 5.10 Å². The van der Waals surface area contributed by atoms with Crippen molar-refractivity contribution in [2.24, 2.45) is 7.05 Å². The summed E-state index contributed by atoms with van der Waals surface area (Å²) in [6, 6.07) is 3.56. The van der Waals surface area contributed by atoms with Crippen LogP contribution in [-0.2, 0) is 7.05 Å². The van der Waals surface area contributed by atoms with Crippen LogP contribution in [0.5, 0.6) is 0 Å². The molecule has 0 saturated heterocycles. The highest BCUT2D eigenvalue weighted by atomic mass is 32.2. The van der Waals surface area contributed by atoms with Crippen LogP contribution in [0.25, 0.3) is 0 Å². The molecule has 0 saturated carbocycles. The van der Waals surface area contributed by atoms with Gasteiger partial charge in [-0.3, -0.25) is 10.1 Å². The molecule has 1 amide bonds. The Hall–Kier alpha value is -1.76. The summed E-state index contributed by atoms with van der Waals surface area (Å²) >= 11 is 1.54. The van der Waals surface area contributed by atoms with Crippen LogP contribution < -0.4 is 5.32 Å². The fraction of sp³-hybridized carbons (Fsp3) is 0.364. The summed E-state index contributed by atoms with van der Waals surface area (Å²) in [5, 5.41) is 10.4. The average Bonchev–Trinajstić information content (AvgIpc) is 2.87. The first kappa shape index (κ1) is 12.7. The Kier molecular flexibility index (Phi) is 3.71. The lowest BCUT2D eigenvalue weighted by Crippen LogP contribution is -2.16. The van der Waals surface area contributed by atoms with E-state index in [1.165, 1.54) is 11.8 Å². The smallest absolute Gasteiger partial charge is 0.274 e. The quantitative estimate of drug-likeness (QED) is 0.828. The maximum absolute atomic E-state index is 11.9. The first-order valence-corrected chi connectivity index (χ1v) is 6.46. The van der Waals surface area contributed by atoms with E-state index in [9.17, 15) is 4.79 Å². The lowest BCUT2D eigenvalue weighted by molar-refractivity contribution is 0.101.